The summed E-state index contributed by atoms with van der Waals surface area (Å²) < 4.78 is 6.55. The van der Waals surface area contributed by atoms with Gasteiger partial charge in [0.2, 0.25) is 0 Å². The molecule has 0 radical (unpaired) electrons. The average Bonchev–Trinajstić information content (AvgIpc) is 4.01. The first-order valence-corrected chi connectivity index (χ1v) is 24.7. The van der Waals surface area contributed by atoms with Gasteiger partial charge in [-0.05, 0) is 151 Å². The van der Waals surface area contributed by atoms with E-state index in [-0.39, 0.29) is 5.41 Å². The van der Waals surface area contributed by atoms with Crippen LogP contribution in [0.1, 0.15) is 64.8 Å². The summed E-state index contributed by atoms with van der Waals surface area (Å²) in [5.41, 5.74) is 24.9. The van der Waals surface area contributed by atoms with Gasteiger partial charge >= 0.3 is 0 Å². The summed E-state index contributed by atoms with van der Waals surface area (Å²) >= 11 is 0. The second-order valence-electron chi connectivity index (χ2n) is 19.9. The van der Waals surface area contributed by atoms with E-state index in [1.807, 2.05) is 0 Å². The predicted molar refractivity (Wildman–Crippen MR) is 291 cm³/mol. The molecule has 10 aromatic carbocycles. The minimum absolute atomic E-state index is 0.129. The third-order valence-electron chi connectivity index (χ3n) is 15.8. The van der Waals surface area contributed by atoms with E-state index in [1.54, 1.807) is 0 Å². The van der Waals surface area contributed by atoms with Gasteiger partial charge in [-0.2, -0.15) is 0 Å². The molecule has 1 aromatic heterocycles. The van der Waals surface area contributed by atoms with Crippen LogP contribution in [0.5, 0.6) is 0 Å². The Kier molecular flexibility index (Phi) is 9.01. The molecule has 0 fully saturated rings. The van der Waals surface area contributed by atoms with E-state index >= 15 is 0 Å². The molecular weight excluding hydrogens is 847 g/mol. The van der Waals surface area contributed by atoms with Crippen molar-refractivity contribution in [1.29, 1.82) is 0 Å². The first kappa shape index (κ1) is 40.6. The van der Waals surface area contributed by atoms with Gasteiger partial charge in [0.05, 0.1) is 11.1 Å². The molecule has 3 aliphatic rings. The fraction of sp³-hybridized carbons (Fsp3) is 0.0882. The molecule has 3 aliphatic carbocycles. The molecule has 0 unspecified atom stereocenters. The summed E-state index contributed by atoms with van der Waals surface area (Å²) in [7, 11) is 0. The molecule has 0 amide bonds. The van der Waals surface area contributed by atoms with Crippen molar-refractivity contribution in [2.75, 3.05) is 4.90 Å². The molecule has 0 N–H and O–H groups in total. The highest BCUT2D eigenvalue weighted by Gasteiger charge is 2.46. The van der Waals surface area contributed by atoms with Crippen LogP contribution in [0.25, 0.3) is 72.5 Å². The van der Waals surface area contributed by atoms with Gasteiger partial charge in [0.1, 0.15) is 11.2 Å². The Bertz CT molecular complexity index is 3870. The topological polar surface area (TPSA) is 16.4 Å². The van der Waals surface area contributed by atoms with Crippen molar-refractivity contribution in [2.24, 2.45) is 0 Å². The highest BCUT2D eigenvalue weighted by atomic mass is 16.3. The van der Waals surface area contributed by atoms with Crippen LogP contribution in [-0.2, 0) is 17.3 Å². The van der Waals surface area contributed by atoms with Crippen molar-refractivity contribution in [2.45, 2.75) is 37.5 Å². The van der Waals surface area contributed by atoms with Gasteiger partial charge in [-0.15, -0.1) is 0 Å². The van der Waals surface area contributed by atoms with Crippen LogP contribution in [-0.4, -0.2) is 0 Å². The molecule has 2 heteroatoms. The summed E-state index contributed by atoms with van der Waals surface area (Å²) in [5.74, 6) is 0. The van der Waals surface area contributed by atoms with Gasteiger partial charge in [-0.1, -0.05) is 196 Å². The minimum atomic E-state index is -0.542. The fourth-order valence-corrected chi connectivity index (χ4v) is 12.7. The number of hydrogen-bond donors (Lipinski definition) is 0. The highest BCUT2D eigenvalue weighted by molar-refractivity contribution is 6.08. The maximum absolute atomic E-state index is 6.55. The maximum Gasteiger partial charge on any atom is 0.136 e. The molecule has 0 saturated heterocycles. The standard InChI is InChI=1S/C68H49NO/c1-67(2)60-29-14-11-26-55(60)57-28-17-27-53(66(57)67)44-32-35-50(36-33-44)69(63-31-16-13-24-52(63)47-34-39-64-58(41-47)59-40-45-18-9-10-19-46(45)42-65(59)70-64)51-37-38-56-54-25-12-15-30-61(54)68(62(56)43-51,48-20-5-3-6-21-48)49-22-7-4-8-23-49/h3-8,10-17,19-43H,9,18H2,1-2H3. The molecule has 1 heterocycles. The molecule has 0 atom stereocenters. The molecule has 0 saturated carbocycles. The van der Waals surface area contributed by atoms with E-state index in [9.17, 15) is 0 Å². The molecule has 332 valence electrons. The van der Waals surface area contributed by atoms with Gasteiger partial charge in [0.15, 0.2) is 0 Å². The zero-order chi connectivity index (χ0) is 46.6. The number of fused-ring (bicyclic) bond motifs is 10. The van der Waals surface area contributed by atoms with E-state index in [1.165, 1.54) is 83.3 Å². The average molecular weight is 896 g/mol. The third kappa shape index (κ3) is 5.93. The summed E-state index contributed by atoms with van der Waals surface area (Å²) in [6, 6.07) is 83.7. The molecule has 0 spiro atoms. The Hall–Kier alpha value is -8.46. The third-order valence-corrected chi connectivity index (χ3v) is 15.8. The zero-order valence-electron chi connectivity index (χ0n) is 39.3. The SMILES string of the molecule is CC1(C)c2ccccc2-c2cccc(-c3ccc(N(c4ccc5c(c4)C(c4ccccc4)(c4ccccc4)c4ccccc4-5)c4ccccc4-c4ccc5oc6cc7c(cc6c5c4)CCC=C7)cc3)c21. The van der Waals surface area contributed by atoms with E-state index < -0.39 is 5.41 Å². The quantitative estimate of drug-likeness (QED) is 0.158. The normalized spacial score (nSPS) is 14.5. The van der Waals surface area contributed by atoms with Gasteiger partial charge < -0.3 is 9.32 Å². The van der Waals surface area contributed by atoms with Gasteiger partial charge in [0, 0.05) is 33.1 Å². The molecule has 0 aliphatic heterocycles. The molecule has 11 aromatic rings. The highest BCUT2D eigenvalue weighted by Crippen LogP contribution is 2.58. The van der Waals surface area contributed by atoms with Crippen LogP contribution in [0, 0.1) is 0 Å². The number of furan rings is 1. The molecule has 70 heavy (non-hydrogen) atoms. The van der Waals surface area contributed by atoms with Crippen molar-refractivity contribution >= 4 is 45.1 Å². The summed E-state index contributed by atoms with van der Waals surface area (Å²) in [5, 5.41) is 2.31. The Morgan fingerprint density at radius 2 is 1.03 bits per heavy atom. The van der Waals surface area contributed by atoms with Crippen molar-refractivity contribution in [3.8, 4) is 44.5 Å². The van der Waals surface area contributed by atoms with Crippen molar-refractivity contribution in [1.82, 2.24) is 0 Å². The number of nitrogens with zero attached hydrogens (tertiary/aromatic N) is 1. The van der Waals surface area contributed by atoms with Crippen molar-refractivity contribution in [3.63, 3.8) is 0 Å². The number of hydrogen-bond acceptors (Lipinski definition) is 2. The van der Waals surface area contributed by atoms with Gasteiger partial charge in [-0.25, -0.2) is 0 Å². The molecular formula is C68H49NO. The van der Waals surface area contributed by atoms with E-state index in [2.05, 4.69) is 255 Å². The smallest absolute Gasteiger partial charge is 0.136 e. The van der Waals surface area contributed by atoms with Crippen LogP contribution in [0.15, 0.2) is 235 Å². The Morgan fingerprint density at radius 3 is 1.80 bits per heavy atom. The van der Waals surface area contributed by atoms with E-state index in [4.69, 9.17) is 4.42 Å². The van der Waals surface area contributed by atoms with Crippen molar-refractivity contribution < 1.29 is 4.42 Å². The fourth-order valence-electron chi connectivity index (χ4n) is 12.7. The van der Waals surface area contributed by atoms with Crippen molar-refractivity contribution in [3.05, 3.63) is 275 Å². The summed E-state index contributed by atoms with van der Waals surface area (Å²) in [6.07, 6.45) is 6.62. The number of rotatable bonds is 7. The molecule has 2 nitrogen and oxygen atoms in total. The lowest BCUT2D eigenvalue weighted by atomic mass is 9.67. The summed E-state index contributed by atoms with van der Waals surface area (Å²) in [4.78, 5) is 2.48. The minimum Gasteiger partial charge on any atom is -0.456 e. The monoisotopic (exact) mass is 895 g/mol. The zero-order valence-corrected chi connectivity index (χ0v) is 39.3. The number of aryl methyl sites for hydroxylation is 1. The number of anilines is 3. The summed E-state index contributed by atoms with van der Waals surface area (Å²) in [6.45, 7) is 4.75. The molecule has 14 rings (SSSR count). The lowest BCUT2D eigenvalue weighted by molar-refractivity contribution is 0.662. The van der Waals surface area contributed by atoms with E-state index in [0.29, 0.717) is 0 Å². The first-order valence-electron chi connectivity index (χ1n) is 24.7. The lowest BCUT2D eigenvalue weighted by Gasteiger charge is -2.35. The number of allylic oxidation sites excluding steroid dienone is 1. The number of para-hydroxylation sites is 1. The van der Waals surface area contributed by atoms with Gasteiger partial charge in [-0.3, -0.25) is 0 Å². The Labute approximate surface area is 409 Å². The first-order chi connectivity index (χ1) is 34.5. The Balaban J connectivity index is 0.981. The molecule has 0 bridgehead atoms. The van der Waals surface area contributed by atoms with Crippen LogP contribution in [0.4, 0.5) is 17.1 Å². The van der Waals surface area contributed by atoms with Crippen LogP contribution in [0.3, 0.4) is 0 Å². The Morgan fingerprint density at radius 1 is 0.429 bits per heavy atom. The number of benzene rings is 10. The van der Waals surface area contributed by atoms with Crippen LogP contribution in [0.2, 0.25) is 0 Å². The van der Waals surface area contributed by atoms with Crippen LogP contribution >= 0.6 is 0 Å². The van der Waals surface area contributed by atoms with Crippen LogP contribution < -0.4 is 4.90 Å². The lowest BCUT2D eigenvalue weighted by Crippen LogP contribution is -2.28. The second kappa shape index (κ2) is 15.5. The largest absolute Gasteiger partial charge is 0.456 e. The maximum atomic E-state index is 6.55. The predicted octanol–water partition coefficient (Wildman–Crippen LogP) is 18.0. The van der Waals surface area contributed by atoms with E-state index in [0.717, 1.165) is 57.6 Å². The second-order valence-corrected chi connectivity index (χ2v) is 19.9. The van der Waals surface area contributed by atoms with Gasteiger partial charge in [0.25, 0.3) is 0 Å².